The fourth-order valence-electron chi connectivity index (χ4n) is 1.86. The highest BCUT2D eigenvalue weighted by Crippen LogP contribution is 2.26. The summed E-state index contributed by atoms with van der Waals surface area (Å²) in [6.45, 7) is 0.310. The molecule has 1 heterocycles. The SMILES string of the molecule is CN(CCc1cccs1)S(=O)(=O)c1ccc(CO)cc1Br. The maximum absolute atomic E-state index is 12.5. The van der Waals surface area contributed by atoms with Crippen molar-refractivity contribution in [3.05, 3.63) is 50.6 Å². The Hall–Kier alpha value is -0.730. The third-order valence-corrected chi connectivity index (χ3v) is 6.89. The summed E-state index contributed by atoms with van der Waals surface area (Å²) in [6, 6.07) is 8.72. The van der Waals surface area contributed by atoms with E-state index in [-0.39, 0.29) is 11.5 Å². The minimum Gasteiger partial charge on any atom is -0.392 e. The van der Waals surface area contributed by atoms with Crippen LogP contribution in [0.2, 0.25) is 0 Å². The monoisotopic (exact) mass is 389 g/mol. The fraction of sp³-hybridized carbons (Fsp3) is 0.286. The van der Waals surface area contributed by atoms with Gasteiger partial charge in [0.15, 0.2) is 0 Å². The molecule has 21 heavy (non-hydrogen) atoms. The van der Waals surface area contributed by atoms with E-state index in [1.54, 1.807) is 30.5 Å². The number of halogens is 1. The van der Waals surface area contributed by atoms with Gasteiger partial charge in [0.2, 0.25) is 10.0 Å². The summed E-state index contributed by atoms with van der Waals surface area (Å²) < 4.78 is 26.9. The molecule has 0 aliphatic heterocycles. The number of aliphatic hydroxyl groups excluding tert-OH is 1. The predicted octanol–water partition coefficient (Wildman–Crippen LogP) is 2.87. The number of rotatable bonds is 6. The first-order valence-corrected chi connectivity index (χ1v) is 9.44. The molecule has 0 saturated heterocycles. The van der Waals surface area contributed by atoms with Gasteiger partial charge in [0.05, 0.1) is 11.5 Å². The van der Waals surface area contributed by atoms with Crippen molar-refractivity contribution in [2.24, 2.45) is 0 Å². The Morgan fingerprint density at radius 1 is 1.33 bits per heavy atom. The molecule has 0 aliphatic carbocycles. The molecule has 2 rings (SSSR count). The Bertz CT molecular complexity index is 699. The molecule has 0 radical (unpaired) electrons. The number of thiophene rings is 1. The average Bonchev–Trinajstić information content (AvgIpc) is 2.97. The highest BCUT2D eigenvalue weighted by atomic mass is 79.9. The summed E-state index contributed by atoms with van der Waals surface area (Å²) in [4.78, 5) is 1.38. The predicted molar refractivity (Wildman–Crippen MR) is 87.9 cm³/mol. The zero-order valence-corrected chi connectivity index (χ0v) is 14.7. The lowest BCUT2D eigenvalue weighted by molar-refractivity contribution is 0.281. The highest BCUT2D eigenvalue weighted by Gasteiger charge is 2.23. The number of hydrogen-bond acceptors (Lipinski definition) is 4. The van der Waals surface area contributed by atoms with Crippen LogP contribution in [0.25, 0.3) is 0 Å². The van der Waals surface area contributed by atoms with Gasteiger partial charge in [-0.05, 0) is 51.5 Å². The molecular weight excluding hydrogens is 374 g/mol. The Morgan fingerprint density at radius 2 is 2.10 bits per heavy atom. The molecule has 114 valence electrons. The molecule has 1 aromatic heterocycles. The van der Waals surface area contributed by atoms with Crippen molar-refractivity contribution in [2.75, 3.05) is 13.6 Å². The standard InChI is InChI=1S/C14H16BrNO3S2/c1-16(7-6-12-3-2-8-20-12)21(18,19)14-5-4-11(10-17)9-13(14)15/h2-5,8-9,17H,6-7,10H2,1H3. The molecule has 0 aliphatic rings. The maximum Gasteiger partial charge on any atom is 0.243 e. The quantitative estimate of drug-likeness (QED) is 0.825. The lowest BCUT2D eigenvalue weighted by atomic mass is 10.2. The van der Waals surface area contributed by atoms with E-state index in [9.17, 15) is 8.42 Å². The molecule has 0 fully saturated rings. The smallest absolute Gasteiger partial charge is 0.243 e. The maximum atomic E-state index is 12.5. The Morgan fingerprint density at radius 3 is 2.67 bits per heavy atom. The first-order chi connectivity index (χ1) is 9.95. The highest BCUT2D eigenvalue weighted by molar-refractivity contribution is 9.10. The molecular formula is C14H16BrNO3S2. The van der Waals surface area contributed by atoms with Gasteiger partial charge in [-0.2, -0.15) is 0 Å². The summed E-state index contributed by atoms with van der Waals surface area (Å²) in [5.74, 6) is 0. The fourth-order valence-corrected chi connectivity index (χ4v) is 4.81. The van der Waals surface area contributed by atoms with Crippen LogP contribution >= 0.6 is 27.3 Å². The van der Waals surface area contributed by atoms with Gasteiger partial charge >= 0.3 is 0 Å². The van der Waals surface area contributed by atoms with E-state index in [0.29, 0.717) is 23.0 Å². The number of aliphatic hydroxyl groups is 1. The van der Waals surface area contributed by atoms with Gasteiger partial charge in [-0.3, -0.25) is 0 Å². The molecule has 4 nitrogen and oxygen atoms in total. The molecule has 0 saturated carbocycles. The third kappa shape index (κ3) is 3.92. The van der Waals surface area contributed by atoms with Crippen molar-refractivity contribution in [1.29, 1.82) is 0 Å². The largest absolute Gasteiger partial charge is 0.392 e. The van der Waals surface area contributed by atoms with E-state index < -0.39 is 10.0 Å². The van der Waals surface area contributed by atoms with Crippen LogP contribution in [0.3, 0.4) is 0 Å². The van der Waals surface area contributed by atoms with Crippen LogP contribution in [0.5, 0.6) is 0 Å². The average molecular weight is 390 g/mol. The molecule has 2 aromatic rings. The molecule has 0 spiro atoms. The minimum atomic E-state index is -3.54. The summed E-state index contributed by atoms with van der Waals surface area (Å²) in [7, 11) is -1.96. The van der Waals surface area contributed by atoms with Crippen molar-refractivity contribution in [2.45, 2.75) is 17.9 Å². The Kier molecular flexibility index (Phi) is 5.56. The number of benzene rings is 1. The van der Waals surface area contributed by atoms with Crippen molar-refractivity contribution in [1.82, 2.24) is 4.31 Å². The van der Waals surface area contributed by atoms with Gasteiger partial charge in [0.25, 0.3) is 0 Å². The van der Waals surface area contributed by atoms with E-state index in [0.717, 1.165) is 4.88 Å². The molecule has 0 unspecified atom stereocenters. The lowest BCUT2D eigenvalue weighted by Crippen LogP contribution is -2.29. The van der Waals surface area contributed by atoms with Gasteiger partial charge in [-0.15, -0.1) is 11.3 Å². The third-order valence-electron chi connectivity index (χ3n) is 3.12. The van der Waals surface area contributed by atoms with Gasteiger partial charge in [0, 0.05) is 22.9 Å². The van der Waals surface area contributed by atoms with Crippen molar-refractivity contribution in [3.8, 4) is 0 Å². The van der Waals surface area contributed by atoms with Crippen LogP contribution in [0, 0.1) is 0 Å². The normalized spacial score (nSPS) is 12.0. The van der Waals surface area contributed by atoms with Crippen molar-refractivity contribution < 1.29 is 13.5 Å². The van der Waals surface area contributed by atoms with E-state index in [4.69, 9.17) is 5.11 Å². The summed E-state index contributed by atoms with van der Waals surface area (Å²) in [5.41, 5.74) is 0.669. The number of likely N-dealkylation sites (N-methyl/N-ethyl adjacent to an activating group) is 1. The number of nitrogens with zero attached hydrogens (tertiary/aromatic N) is 1. The molecule has 1 N–H and O–H groups in total. The van der Waals surface area contributed by atoms with E-state index >= 15 is 0 Å². The second-order valence-corrected chi connectivity index (χ2v) is 8.48. The summed E-state index contributed by atoms with van der Waals surface area (Å²) in [6.07, 6.45) is 0.694. The van der Waals surface area contributed by atoms with E-state index in [1.165, 1.54) is 10.4 Å². The number of sulfonamides is 1. The second-order valence-electron chi connectivity index (χ2n) is 4.58. The van der Waals surface area contributed by atoms with Crippen molar-refractivity contribution >= 4 is 37.3 Å². The zero-order valence-electron chi connectivity index (χ0n) is 11.5. The number of hydrogen-bond donors (Lipinski definition) is 1. The molecule has 0 amide bonds. The van der Waals surface area contributed by atoms with Crippen molar-refractivity contribution in [3.63, 3.8) is 0 Å². The zero-order chi connectivity index (χ0) is 15.5. The van der Waals surface area contributed by atoms with Crippen LogP contribution in [-0.4, -0.2) is 31.4 Å². The van der Waals surface area contributed by atoms with Gasteiger partial charge in [-0.1, -0.05) is 12.1 Å². The molecule has 0 atom stereocenters. The first kappa shape index (κ1) is 16.6. The first-order valence-electron chi connectivity index (χ1n) is 6.33. The summed E-state index contributed by atoms with van der Waals surface area (Å²) in [5, 5.41) is 11.1. The second kappa shape index (κ2) is 7.02. The van der Waals surface area contributed by atoms with E-state index in [2.05, 4.69) is 15.9 Å². The Balaban J connectivity index is 2.16. The Labute approximate surface area is 137 Å². The van der Waals surface area contributed by atoms with Crippen LogP contribution in [0.4, 0.5) is 0 Å². The molecule has 1 aromatic carbocycles. The lowest BCUT2D eigenvalue weighted by Gasteiger charge is -2.18. The van der Waals surface area contributed by atoms with Gasteiger partial charge in [0.1, 0.15) is 0 Å². The topological polar surface area (TPSA) is 57.6 Å². The van der Waals surface area contributed by atoms with Gasteiger partial charge in [-0.25, -0.2) is 12.7 Å². The van der Waals surface area contributed by atoms with Crippen LogP contribution in [0.1, 0.15) is 10.4 Å². The molecule has 0 bridgehead atoms. The minimum absolute atomic E-state index is 0.118. The van der Waals surface area contributed by atoms with Crippen LogP contribution in [0.15, 0.2) is 45.1 Å². The molecule has 7 heteroatoms. The van der Waals surface area contributed by atoms with Crippen LogP contribution in [-0.2, 0) is 23.1 Å². The summed E-state index contributed by atoms with van der Waals surface area (Å²) >= 11 is 4.89. The van der Waals surface area contributed by atoms with Gasteiger partial charge < -0.3 is 5.11 Å². The van der Waals surface area contributed by atoms with Crippen LogP contribution < -0.4 is 0 Å². The van der Waals surface area contributed by atoms with E-state index in [1.807, 2.05) is 17.5 Å².